The highest BCUT2D eigenvalue weighted by Crippen LogP contribution is 2.27. The Bertz CT molecular complexity index is 450. The number of nitrogens with zero attached hydrogens (tertiary/aromatic N) is 1. The van der Waals surface area contributed by atoms with Crippen molar-refractivity contribution in [2.75, 3.05) is 31.7 Å². The monoisotopic (exact) mass is 251 g/mol. The maximum atomic E-state index is 13.2. The first-order valence-corrected chi connectivity index (χ1v) is 5.99. The Kier molecular flexibility index (Phi) is 3.81. The normalized spacial score (nSPS) is 19.2. The van der Waals surface area contributed by atoms with Gasteiger partial charge in [0.25, 0.3) is 0 Å². The second-order valence-electron chi connectivity index (χ2n) is 4.63. The van der Waals surface area contributed by atoms with Crippen LogP contribution in [0.3, 0.4) is 0 Å². The second kappa shape index (κ2) is 5.35. The maximum absolute atomic E-state index is 13.2. The topological polar surface area (TPSA) is 62.3 Å². The lowest BCUT2D eigenvalue weighted by atomic mass is 10.1. The van der Waals surface area contributed by atoms with Gasteiger partial charge in [-0.2, -0.15) is 0 Å². The predicted molar refractivity (Wildman–Crippen MR) is 69.6 cm³/mol. The zero-order valence-electron chi connectivity index (χ0n) is 10.4. The molecule has 1 aliphatic rings. The molecule has 1 saturated heterocycles. The fraction of sp³-hybridized carbons (Fsp3) is 0.462. The van der Waals surface area contributed by atoms with Crippen LogP contribution in [0.5, 0.6) is 0 Å². The third kappa shape index (κ3) is 2.61. The maximum Gasteiger partial charge on any atom is 0.125 e. The molecule has 0 aliphatic carbocycles. The summed E-state index contributed by atoms with van der Waals surface area (Å²) in [4.78, 5) is 2.14. The smallest absolute Gasteiger partial charge is 0.125 e. The molecule has 0 aromatic heterocycles. The van der Waals surface area contributed by atoms with Gasteiger partial charge in [-0.25, -0.2) is 4.39 Å². The van der Waals surface area contributed by atoms with Crippen molar-refractivity contribution >= 4 is 11.5 Å². The van der Waals surface area contributed by atoms with Crippen LogP contribution in [0.2, 0.25) is 0 Å². The fourth-order valence-electron chi connectivity index (χ4n) is 2.42. The van der Waals surface area contributed by atoms with E-state index in [-0.39, 0.29) is 11.7 Å². The summed E-state index contributed by atoms with van der Waals surface area (Å²) in [5.74, 6) is 0.0242. The molecule has 0 spiro atoms. The molecular weight excluding hydrogens is 233 g/mol. The van der Waals surface area contributed by atoms with E-state index in [1.54, 1.807) is 13.2 Å². The Hall–Kier alpha value is -1.62. The van der Waals surface area contributed by atoms with Gasteiger partial charge < -0.3 is 15.4 Å². The van der Waals surface area contributed by atoms with E-state index in [2.05, 4.69) is 4.90 Å². The van der Waals surface area contributed by atoms with E-state index in [1.165, 1.54) is 12.1 Å². The lowest BCUT2D eigenvalue weighted by Gasteiger charge is -2.21. The number of ether oxygens (including phenoxy) is 1. The molecule has 0 saturated carbocycles. The van der Waals surface area contributed by atoms with E-state index in [1.807, 2.05) is 0 Å². The zero-order valence-corrected chi connectivity index (χ0v) is 10.4. The standard InChI is InChI=1S/C13H18FN3O/c1-18-8-9-4-5-17(7-9)12-3-2-10(14)6-11(12)13(15)16/h2-3,6,9H,4-5,7-8H2,1H3,(H3,15,16). The minimum Gasteiger partial charge on any atom is -0.384 e. The molecule has 3 N–H and O–H groups in total. The molecule has 5 heteroatoms. The van der Waals surface area contributed by atoms with Gasteiger partial charge in [-0.15, -0.1) is 0 Å². The minimum atomic E-state index is -0.364. The molecule has 1 fully saturated rings. The summed E-state index contributed by atoms with van der Waals surface area (Å²) < 4.78 is 18.4. The van der Waals surface area contributed by atoms with Crippen LogP contribution < -0.4 is 10.6 Å². The molecule has 4 nitrogen and oxygen atoms in total. The highest BCUT2D eigenvalue weighted by Gasteiger charge is 2.24. The van der Waals surface area contributed by atoms with Gasteiger partial charge >= 0.3 is 0 Å². The fourth-order valence-corrected chi connectivity index (χ4v) is 2.42. The molecule has 1 aromatic carbocycles. The molecular formula is C13H18FN3O. The number of benzene rings is 1. The van der Waals surface area contributed by atoms with E-state index in [0.29, 0.717) is 11.5 Å². The number of rotatable bonds is 4. The molecule has 0 bridgehead atoms. The first-order chi connectivity index (χ1) is 8.61. The van der Waals surface area contributed by atoms with Crippen molar-refractivity contribution in [3.63, 3.8) is 0 Å². The Morgan fingerprint density at radius 1 is 1.61 bits per heavy atom. The molecule has 2 rings (SSSR count). The van der Waals surface area contributed by atoms with Crippen LogP contribution in [0.15, 0.2) is 18.2 Å². The molecule has 0 amide bonds. The van der Waals surface area contributed by atoms with E-state index in [0.717, 1.165) is 31.8 Å². The van der Waals surface area contributed by atoms with Crippen molar-refractivity contribution < 1.29 is 9.13 Å². The van der Waals surface area contributed by atoms with Crippen molar-refractivity contribution in [2.45, 2.75) is 6.42 Å². The van der Waals surface area contributed by atoms with Gasteiger partial charge in [-0.1, -0.05) is 0 Å². The first-order valence-electron chi connectivity index (χ1n) is 5.99. The van der Waals surface area contributed by atoms with Gasteiger partial charge in [0, 0.05) is 37.4 Å². The third-order valence-electron chi connectivity index (χ3n) is 3.28. The van der Waals surface area contributed by atoms with Gasteiger partial charge in [0.2, 0.25) is 0 Å². The average Bonchev–Trinajstić information content (AvgIpc) is 2.78. The van der Waals surface area contributed by atoms with Crippen molar-refractivity contribution in [2.24, 2.45) is 11.7 Å². The van der Waals surface area contributed by atoms with Crippen LogP contribution in [0, 0.1) is 17.1 Å². The van der Waals surface area contributed by atoms with Crippen LogP contribution in [-0.4, -0.2) is 32.6 Å². The van der Waals surface area contributed by atoms with Crippen LogP contribution >= 0.6 is 0 Å². The number of amidine groups is 1. The SMILES string of the molecule is COCC1CCN(c2ccc(F)cc2C(=N)N)C1. The Morgan fingerprint density at radius 2 is 2.39 bits per heavy atom. The second-order valence-corrected chi connectivity index (χ2v) is 4.63. The van der Waals surface area contributed by atoms with Crippen LogP contribution in [0.4, 0.5) is 10.1 Å². The summed E-state index contributed by atoms with van der Waals surface area (Å²) in [5.41, 5.74) is 6.81. The van der Waals surface area contributed by atoms with Crippen molar-refractivity contribution in [1.29, 1.82) is 5.41 Å². The molecule has 1 aromatic rings. The van der Waals surface area contributed by atoms with E-state index in [9.17, 15) is 4.39 Å². The number of hydrogen-bond acceptors (Lipinski definition) is 3. The predicted octanol–water partition coefficient (Wildman–Crippen LogP) is 1.58. The summed E-state index contributed by atoms with van der Waals surface area (Å²) in [5, 5.41) is 7.53. The first kappa shape index (κ1) is 12.8. The number of hydrogen-bond donors (Lipinski definition) is 2. The molecule has 0 radical (unpaired) electrons. The molecule has 1 heterocycles. The number of halogens is 1. The zero-order chi connectivity index (χ0) is 13.1. The number of anilines is 1. The van der Waals surface area contributed by atoms with E-state index >= 15 is 0 Å². The summed E-state index contributed by atoms with van der Waals surface area (Å²) in [6, 6.07) is 4.42. The third-order valence-corrected chi connectivity index (χ3v) is 3.28. The molecule has 1 aliphatic heterocycles. The Balaban J connectivity index is 2.21. The van der Waals surface area contributed by atoms with Gasteiger partial charge in [0.15, 0.2) is 0 Å². The lowest BCUT2D eigenvalue weighted by molar-refractivity contribution is 0.161. The van der Waals surface area contributed by atoms with Crippen LogP contribution in [0.25, 0.3) is 0 Å². The summed E-state index contributed by atoms with van der Waals surface area (Å²) in [6.45, 7) is 2.48. The number of methoxy groups -OCH3 is 1. The number of nitrogens with one attached hydrogen (secondary N) is 1. The van der Waals surface area contributed by atoms with Crippen molar-refractivity contribution in [3.05, 3.63) is 29.6 Å². The highest BCUT2D eigenvalue weighted by molar-refractivity contribution is 6.00. The highest BCUT2D eigenvalue weighted by atomic mass is 19.1. The van der Waals surface area contributed by atoms with Gasteiger partial charge in [0.05, 0.1) is 6.61 Å². The Morgan fingerprint density at radius 3 is 3.06 bits per heavy atom. The quantitative estimate of drug-likeness (QED) is 0.631. The number of nitrogens with two attached hydrogens (primary N) is 1. The lowest BCUT2D eigenvalue weighted by Crippen LogP contribution is -2.25. The van der Waals surface area contributed by atoms with Gasteiger partial charge in [-0.3, -0.25) is 5.41 Å². The van der Waals surface area contributed by atoms with Crippen LogP contribution in [0.1, 0.15) is 12.0 Å². The molecule has 1 unspecified atom stereocenters. The summed E-state index contributed by atoms with van der Waals surface area (Å²) >= 11 is 0. The van der Waals surface area contributed by atoms with Gasteiger partial charge in [-0.05, 0) is 24.6 Å². The average molecular weight is 251 g/mol. The number of nitrogen functional groups attached to an aromatic ring is 1. The van der Waals surface area contributed by atoms with Crippen molar-refractivity contribution in [1.82, 2.24) is 0 Å². The largest absolute Gasteiger partial charge is 0.384 e. The molecule has 98 valence electrons. The Labute approximate surface area is 106 Å². The molecule has 1 atom stereocenters. The van der Waals surface area contributed by atoms with Crippen LogP contribution in [-0.2, 0) is 4.74 Å². The minimum absolute atomic E-state index is 0.0975. The summed E-state index contributed by atoms with van der Waals surface area (Å²) in [6.07, 6.45) is 1.04. The van der Waals surface area contributed by atoms with Crippen molar-refractivity contribution in [3.8, 4) is 0 Å². The van der Waals surface area contributed by atoms with E-state index < -0.39 is 0 Å². The van der Waals surface area contributed by atoms with Gasteiger partial charge in [0.1, 0.15) is 11.7 Å². The molecule has 18 heavy (non-hydrogen) atoms. The van der Waals surface area contributed by atoms with E-state index in [4.69, 9.17) is 15.9 Å². The summed E-state index contributed by atoms with van der Waals surface area (Å²) in [7, 11) is 1.70.